The summed E-state index contributed by atoms with van der Waals surface area (Å²) < 4.78 is 0. The summed E-state index contributed by atoms with van der Waals surface area (Å²) >= 11 is 5.87. The second kappa shape index (κ2) is 10.0. The minimum atomic E-state index is -1.07. The van der Waals surface area contributed by atoms with E-state index in [9.17, 15) is 29.3 Å². The third-order valence-corrected chi connectivity index (χ3v) is 5.91. The van der Waals surface area contributed by atoms with Crippen molar-refractivity contribution in [2.24, 2.45) is 0 Å². The second-order valence-electron chi connectivity index (χ2n) is 7.91. The molecule has 2 atom stereocenters. The number of nitrogens with zero attached hydrogens (tertiary/aromatic N) is 3. The van der Waals surface area contributed by atoms with Gasteiger partial charge in [-0.25, -0.2) is 4.90 Å². The summed E-state index contributed by atoms with van der Waals surface area (Å²) in [5, 5.41) is 13.8. The number of anilines is 2. The zero-order valence-electron chi connectivity index (χ0n) is 18.8. The van der Waals surface area contributed by atoms with Gasteiger partial charge in [0.25, 0.3) is 17.5 Å². The molecule has 3 rings (SSSR count). The molecule has 1 aliphatic heterocycles. The molecular weight excluding hydrogens is 464 g/mol. The number of amides is 4. The highest BCUT2D eigenvalue weighted by atomic mass is 35.5. The van der Waals surface area contributed by atoms with Gasteiger partial charge in [-0.15, -0.1) is 0 Å². The van der Waals surface area contributed by atoms with Gasteiger partial charge in [0, 0.05) is 30.3 Å². The minimum absolute atomic E-state index is 0.00485. The highest BCUT2D eigenvalue weighted by Gasteiger charge is 2.45. The molecule has 0 radical (unpaired) electrons. The molecule has 2 unspecified atom stereocenters. The lowest BCUT2D eigenvalue weighted by Crippen LogP contribution is -2.49. The quantitative estimate of drug-likeness (QED) is 0.360. The van der Waals surface area contributed by atoms with E-state index in [1.54, 1.807) is 19.1 Å². The van der Waals surface area contributed by atoms with Crippen LogP contribution in [0.5, 0.6) is 0 Å². The van der Waals surface area contributed by atoms with E-state index in [0.29, 0.717) is 17.8 Å². The van der Waals surface area contributed by atoms with Crippen molar-refractivity contribution in [3.63, 3.8) is 0 Å². The summed E-state index contributed by atoms with van der Waals surface area (Å²) in [4.78, 5) is 63.6. The SMILES string of the molecule is CCC(C)N(C(=O)c1ccc(Cl)c([N+](=O)[O-])c1)C1CC(=O)N(c2ccc(NC(C)=O)cc2)C1=O. The van der Waals surface area contributed by atoms with E-state index in [2.05, 4.69) is 5.32 Å². The Balaban J connectivity index is 1.93. The Labute approximate surface area is 200 Å². The normalized spacial score (nSPS) is 16.4. The molecule has 10 nitrogen and oxygen atoms in total. The first-order chi connectivity index (χ1) is 16.0. The smallest absolute Gasteiger partial charge is 0.288 e. The summed E-state index contributed by atoms with van der Waals surface area (Å²) in [6.45, 7) is 4.93. The number of rotatable bonds is 7. The molecule has 11 heteroatoms. The summed E-state index contributed by atoms with van der Waals surface area (Å²) in [7, 11) is 0. The van der Waals surface area contributed by atoms with Gasteiger partial charge in [0.2, 0.25) is 11.8 Å². The van der Waals surface area contributed by atoms with Crippen molar-refractivity contribution in [2.45, 2.75) is 45.7 Å². The molecule has 1 saturated heterocycles. The fourth-order valence-electron chi connectivity index (χ4n) is 3.78. The van der Waals surface area contributed by atoms with Crippen LogP contribution in [-0.4, -0.2) is 45.5 Å². The van der Waals surface area contributed by atoms with Crippen LogP contribution in [0.3, 0.4) is 0 Å². The summed E-state index contributed by atoms with van der Waals surface area (Å²) in [5.41, 5.74) is 0.388. The maximum atomic E-state index is 13.4. The van der Waals surface area contributed by atoms with Crippen molar-refractivity contribution in [1.82, 2.24) is 4.90 Å². The van der Waals surface area contributed by atoms with Crippen LogP contribution < -0.4 is 10.2 Å². The van der Waals surface area contributed by atoms with E-state index in [4.69, 9.17) is 11.6 Å². The third kappa shape index (κ3) is 4.91. The van der Waals surface area contributed by atoms with Crippen LogP contribution in [0.25, 0.3) is 0 Å². The predicted molar refractivity (Wildman–Crippen MR) is 126 cm³/mol. The summed E-state index contributed by atoms with van der Waals surface area (Å²) in [6, 6.07) is 8.37. The van der Waals surface area contributed by atoms with Crippen LogP contribution in [0, 0.1) is 10.1 Å². The first-order valence-electron chi connectivity index (χ1n) is 10.6. The highest BCUT2D eigenvalue weighted by molar-refractivity contribution is 6.32. The molecular formula is C23H23ClN4O6. The minimum Gasteiger partial charge on any atom is -0.326 e. The fraction of sp³-hybridized carbons (Fsp3) is 0.304. The molecule has 1 N–H and O–H groups in total. The van der Waals surface area contributed by atoms with E-state index in [1.165, 1.54) is 36.1 Å². The summed E-state index contributed by atoms with van der Waals surface area (Å²) in [6.07, 6.45) is 0.267. The van der Waals surface area contributed by atoms with E-state index < -0.39 is 40.4 Å². The topological polar surface area (TPSA) is 130 Å². The van der Waals surface area contributed by atoms with Gasteiger partial charge in [0.05, 0.1) is 17.0 Å². The Morgan fingerprint density at radius 2 is 1.88 bits per heavy atom. The maximum absolute atomic E-state index is 13.4. The second-order valence-corrected chi connectivity index (χ2v) is 8.32. The molecule has 178 valence electrons. The number of halogens is 1. The molecule has 0 saturated carbocycles. The van der Waals surface area contributed by atoms with E-state index in [0.717, 1.165) is 11.0 Å². The lowest BCUT2D eigenvalue weighted by atomic mass is 10.1. The van der Waals surface area contributed by atoms with Gasteiger partial charge in [0.1, 0.15) is 11.1 Å². The molecule has 34 heavy (non-hydrogen) atoms. The number of carbonyl (C=O) groups excluding carboxylic acids is 4. The van der Waals surface area contributed by atoms with Crippen LogP contribution in [0.1, 0.15) is 44.0 Å². The number of imide groups is 1. The Bertz CT molecular complexity index is 1170. The Kier molecular flexibility index (Phi) is 7.31. The zero-order chi connectivity index (χ0) is 25.2. The van der Waals surface area contributed by atoms with E-state index in [1.807, 2.05) is 6.92 Å². The highest BCUT2D eigenvalue weighted by Crippen LogP contribution is 2.31. The van der Waals surface area contributed by atoms with E-state index >= 15 is 0 Å². The molecule has 0 aliphatic carbocycles. The van der Waals surface area contributed by atoms with Crippen molar-refractivity contribution in [1.29, 1.82) is 0 Å². The zero-order valence-corrected chi connectivity index (χ0v) is 19.5. The number of hydrogen-bond acceptors (Lipinski definition) is 6. The fourth-order valence-corrected chi connectivity index (χ4v) is 3.97. The average Bonchev–Trinajstić information content (AvgIpc) is 3.07. The van der Waals surface area contributed by atoms with Crippen molar-refractivity contribution < 1.29 is 24.1 Å². The molecule has 1 heterocycles. The van der Waals surface area contributed by atoms with Gasteiger partial charge in [-0.3, -0.25) is 29.3 Å². The van der Waals surface area contributed by atoms with Crippen molar-refractivity contribution in [3.8, 4) is 0 Å². The number of nitro benzene ring substituents is 1. The van der Waals surface area contributed by atoms with Gasteiger partial charge in [-0.2, -0.15) is 0 Å². The summed E-state index contributed by atoms with van der Waals surface area (Å²) in [5.74, 6) is -1.92. The predicted octanol–water partition coefficient (Wildman–Crippen LogP) is 3.78. The first kappa shape index (κ1) is 24.8. The average molecular weight is 487 g/mol. The maximum Gasteiger partial charge on any atom is 0.288 e. The molecule has 2 aromatic carbocycles. The number of nitrogens with one attached hydrogen (secondary N) is 1. The lowest BCUT2D eigenvalue weighted by Gasteiger charge is -2.33. The van der Waals surface area contributed by atoms with Crippen LogP contribution in [-0.2, 0) is 14.4 Å². The first-order valence-corrected chi connectivity index (χ1v) is 10.9. The number of benzene rings is 2. The Morgan fingerprint density at radius 3 is 2.44 bits per heavy atom. The lowest BCUT2D eigenvalue weighted by molar-refractivity contribution is -0.384. The van der Waals surface area contributed by atoms with Crippen molar-refractivity contribution in [3.05, 3.63) is 63.2 Å². The Hall–Kier alpha value is -3.79. The van der Waals surface area contributed by atoms with Gasteiger partial charge < -0.3 is 10.2 Å². The van der Waals surface area contributed by atoms with Gasteiger partial charge in [-0.1, -0.05) is 18.5 Å². The molecule has 1 aliphatic rings. The molecule has 0 bridgehead atoms. The third-order valence-electron chi connectivity index (χ3n) is 5.59. The molecule has 1 fully saturated rings. The molecule has 2 aromatic rings. The van der Waals surface area contributed by atoms with Crippen LogP contribution >= 0.6 is 11.6 Å². The van der Waals surface area contributed by atoms with Crippen LogP contribution in [0.15, 0.2) is 42.5 Å². The Morgan fingerprint density at radius 1 is 1.24 bits per heavy atom. The van der Waals surface area contributed by atoms with Crippen LogP contribution in [0.2, 0.25) is 5.02 Å². The van der Waals surface area contributed by atoms with Gasteiger partial charge in [0.15, 0.2) is 0 Å². The number of nitro groups is 1. The number of hydrogen-bond donors (Lipinski definition) is 1. The van der Waals surface area contributed by atoms with Gasteiger partial charge >= 0.3 is 0 Å². The largest absolute Gasteiger partial charge is 0.326 e. The standard InChI is InChI=1S/C23H23ClN4O6/c1-4-13(2)26(22(31)15-5-10-18(24)19(11-15)28(33)34)20-12-21(30)27(23(20)32)17-8-6-16(7-9-17)25-14(3)29/h5-11,13,20H,4,12H2,1-3H3,(H,25,29). The van der Waals surface area contributed by atoms with Crippen LogP contribution in [0.4, 0.5) is 17.1 Å². The molecule has 0 aromatic heterocycles. The number of carbonyl (C=O) groups is 4. The molecule has 4 amide bonds. The van der Waals surface area contributed by atoms with Crippen molar-refractivity contribution in [2.75, 3.05) is 10.2 Å². The monoisotopic (exact) mass is 486 g/mol. The molecule has 0 spiro atoms. The van der Waals surface area contributed by atoms with Crippen molar-refractivity contribution >= 4 is 52.3 Å². The van der Waals surface area contributed by atoms with Gasteiger partial charge in [-0.05, 0) is 49.7 Å². The van der Waals surface area contributed by atoms with E-state index in [-0.39, 0.29) is 22.9 Å².